The van der Waals surface area contributed by atoms with Crippen LogP contribution in [0.5, 0.6) is 0 Å². The Kier molecular flexibility index (Phi) is 4.89. The summed E-state index contributed by atoms with van der Waals surface area (Å²) < 4.78 is 16.7. The number of rotatable bonds is 4. The Bertz CT molecular complexity index is 104. The normalized spacial score (nSPS) is 12.7. The van der Waals surface area contributed by atoms with Crippen molar-refractivity contribution in [1.29, 1.82) is 0 Å². The van der Waals surface area contributed by atoms with Gasteiger partial charge in [0.1, 0.15) is 0 Å². The molecule has 0 bridgehead atoms. The minimum atomic E-state index is -1.43. The van der Waals surface area contributed by atoms with Gasteiger partial charge >= 0.3 is 5.97 Å². The van der Waals surface area contributed by atoms with Gasteiger partial charge in [-0.15, -0.1) is 0 Å². The number of carbonyl (C=O) groups is 1. The third kappa shape index (κ3) is 3.43. The fraction of sp³-hybridized carbons (Fsp3) is 0.857. The SMILES string of the molecule is CCCC[C@@H](F)C(=O)OC. The average Bonchev–Trinajstić information content (AvgIpc) is 1.98. The summed E-state index contributed by atoms with van der Waals surface area (Å²) >= 11 is 0. The van der Waals surface area contributed by atoms with Crippen LogP contribution in [0.4, 0.5) is 4.39 Å². The summed E-state index contributed by atoms with van der Waals surface area (Å²) in [4.78, 5) is 10.4. The van der Waals surface area contributed by atoms with Gasteiger partial charge in [0, 0.05) is 0 Å². The Morgan fingerprint density at radius 2 is 2.30 bits per heavy atom. The maximum Gasteiger partial charge on any atom is 0.340 e. The van der Waals surface area contributed by atoms with Crippen molar-refractivity contribution in [3.05, 3.63) is 0 Å². The molecule has 0 aliphatic carbocycles. The molecule has 10 heavy (non-hydrogen) atoms. The van der Waals surface area contributed by atoms with Crippen LogP contribution >= 0.6 is 0 Å². The molecule has 0 saturated carbocycles. The van der Waals surface area contributed by atoms with Crippen LogP contribution < -0.4 is 0 Å². The second kappa shape index (κ2) is 5.21. The van der Waals surface area contributed by atoms with E-state index in [1.54, 1.807) is 0 Å². The fourth-order valence-corrected chi connectivity index (χ4v) is 0.629. The first-order chi connectivity index (χ1) is 4.72. The first-order valence-electron chi connectivity index (χ1n) is 3.44. The summed E-state index contributed by atoms with van der Waals surface area (Å²) in [5.41, 5.74) is 0. The molecule has 0 aliphatic heterocycles. The zero-order chi connectivity index (χ0) is 7.98. The van der Waals surface area contributed by atoms with Crippen LogP contribution in [0.25, 0.3) is 0 Å². The molecule has 0 rings (SSSR count). The van der Waals surface area contributed by atoms with E-state index in [1.165, 1.54) is 7.11 Å². The molecule has 60 valence electrons. The quantitative estimate of drug-likeness (QED) is 0.567. The first-order valence-corrected chi connectivity index (χ1v) is 3.44. The molecule has 0 radical (unpaired) electrons. The number of hydrogen-bond acceptors (Lipinski definition) is 2. The molecule has 0 amide bonds. The van der Waals surface area contributed by atoms with Gasteiger partial charge in [-0.3, -0.25) is 0 Å². The van der Waals surface area contributed by atoms with Gasteiger partial charge in [-0.25, -0.2) is 9.18 Å². The average molecular weight is 148 g/mol. The van der Waals surface area contributed by atoms with E-state index in [-0.39, 0.29) is 6.42 Å². The molecular weight excluding hydrogens is 135 g/mol. The van der Waals surface area contributed by atoms with Crippen molar-refractivity contribution in [1.82, 2.24) is 0 Å². The Morgan fingerprint density at radius 3 is 2.70 bits per heavy atom. The Hall–Kier alpha value is -0.600. The van der Waals surface area contributed by atoms with Gasteiger partial charge in [-0.1, -0.05) is 19.8 Å². The summed E-state index contributed by atoms with van der Waals surface area (Å²) in [7, 11) is 1.20. The highest BCUT2D eigenvalue weighted by atomic mass is 19.1. The standard InChI is InChI=1S/C7H13FO2/c1-3-4-5-6(8)7(9)10-2/h6H,3-5H2,1-2H3/t6-/m1/s1. The molecule has 0 N–H and O–H groups in total. The third-order valence-corrected chi connectivity index (χ3v) is 1.27. The van der Waals surface area contributed by atoms with Crippen LogP contribution in [0.1, 0.15) is 26.2 Å². The topological polar surface area (TPSA) is 26.3 Å². The number of halogens is 1. The van der Waals surface area contributed by atoms with Crippen LogP contribution in [-0.4, -0.2) is 19.3 Å². The van der Waals surface area contributed by atoms with Gasteiger partial charge in [-0.2, -0.15) is 0 Å². The lowest BCUT2D eigenvalue weighted by Crippen LogP contribution is -2.16. The molecule has 0 saturated heterocycles. The first kappa shape index (κ1) is 9.40. The largest absolute Gasteiger partial charge is 0.467 e. The lowest BCUT2D eigenvalue weighted by atomic mass is 10.2. The number of alkyl halides is 1. The molecule has 0 heterocycles. The highest BCUT2D eigenvalue weighted by Crippen LogP contribution is 2.05. The zero-order valence-corrected chi connectivity index (χ0v) is 6.39. The number of hydrogen-bond donors (Lipinski definition) is 0. The minimum Gasteiger partial charge on any atom is -0.467 e. The maximum absolute atomic E-state index is 12.5. The van der Waals surface area contributed by atoms with Crippen molar-refractivity contribution < 1.29 is 13.9 Å². The molecule has 0 aromatic carbocycles. The van der Waals surface area contributed by atoms with E-state index in [4.69, 9.17) is 0 Å². The number of esters is 1. The van der Waals surface area contributed by atoms with Gasteiger partial charge in [0.2, 0.25) is 0 Å². The van der Waals surface area contributed by atoms with Crippen LogP contribution in [0.2, 0.25) is 0 Å². The minimum absolute atomic E-state index is 0.281. The van der Waals surface area contributed by atoms with Crippen molar-refractivity contribution in [3.63, 3.8) is 0 Å². The number of methoxy groups -OCH3 is 1. The summed E-state index contributed by atoms with van der Waals surface area (Å²) in [5, 5.41) is 0. The Labute approximate surface area is 60.4 Å². The maximum atomic E-state index is 12.5. The van der Waals surface area contributed by atoms with Crippen molar-refractivity contribution in [2.75, 3.05) is 7.11 Å². The number of carbonyl (C=O) groups excluding carboxylic acids is 1. The van der Waals surface area contributed by atoms with E-state index in [9.17, 15) is 9.18 Å². The number of unbranched alkanes of at least 4 members (excludes halogenated alkanes) is 1. The molecule has 0 aromatic heterocycles. The van der Waals surface area contributed by atoms with E-state index in [2.05, 4.69) is 4.74 Å². The smallest absolute Gasteiger partial charge is 0.340 e. The molecule has 3 heteroatoms. The van der Waals surface area contributed by atoms with Crippen molar-refractivity contribution in [3.8, 4) is 0 Å². The van der Waals surface area contributed by atoms with E-state index in [0.717, 1.165) is 12.8 Å². The summed E-state index contributed by atoms with van der Waals surface area (Å²) in [5.74, 6) is -0.756. The Morgan fingerprint density at radius 1 is 1.70 bits per heavy atom. The van der Waals surface area contributed by atoms with Crippen molar-refractivity contribution in [2.45, 2.75) is 32.4 Å². The molecule has 0 aromatic rings. The molecule has 2 nitrogen and oxygen atoms in total. The molecule has 0 unspecified atom stereocenters. The lowest BCUT2D eigenvalue weighted by Gasteiger charge is -2.03. The van der Waals surface area contributed by atoms with Gasteiger partial charge in [0.15, 0.2) is 6.17 Å². The third-order valence-electron chi connectivity index (χ3n) is 1.27. The second-order valence-electron chi connectivity index (χ2n) is 2.13. The van der Waals surface area contributed by atoms with Crippen LogP contribution in [0, 0.1) is 0 Å². The summed E-state index contributed by atoms with van der Waals surface area (Å²) in [6.07, 6.45) is 0.488. The van der Waals surface area contributed by atoms with Gasteiger partial charge in [0.25, 0.3) is 0 Å². The predicted octanol–water partition coefficient (Wildman–Crippen LogP) is 1.69. The molecule has 0 spiro atoms. The summed E-state index contributed by atoms with van der Waals surface area (Å²) in [6, 6.07) is 0. The molecule has 0 aliphatic rings. The monoisotopic (exact) mass is 148 g/mol. The second-order valence-corrected chi connectivity index (χ2v) is 2.13. The van der Waals surface area contributed by atoms with E-state index >= 15 is 0 Å². The van der Waals surface area contributed by atoms with Crippen LogP contribution in [0.3, 0.4) is 0 Å². The molecular formula is C7H13FO2. The van der Waals surface area contributed by atoms with Gasteiger partial charge in [-0.05, 0) is 6.42 Å². The fourth-order valence-electron chi connectivity index (χ4n) is 0.629. The predicted molar refractivity (Wildman–Crippen MR) is 36.4 cm³/mol. The zero-order valence-electron chi connectivity index (χ0n) is 6.39. The highest BCUT2D eigenvalue weighted by Gasteiger charge is 2.15. The van der Waals surface area contributed by atoms with Gasteiger partial charge in [0.05, 0.1) is 7.11 Å². The molecule has 0 fully saturated rings. The number of ether oxygens (including phenoxy) is 1. The van der Waals surface area contributed by atoms with E-state index < -0.39 is 12.1 Å². The van der Waals surface area contributed by atoms with E-state index in [0.29, 0.717) is 0 Å². The van der Waals surface area contributed by atoms with Crippen molar-refractivity contribution in [2.24, 2.45) is 0 Å². The Balaban J connectivity index is 3.41. The van der Waals surface area contributed by atoms with Crippen molar-refractivity contribution >= 4 is 5.97 Å². The van der Waals surface area contributed by atoms with Crippen LogP contribution in [-0.2, 0) is 9.53 Å². The lowest BCUT2D eigenvalue weighted by molar-refractivity contribution is -0.146. The highest BCUT2D eigenvalue weighted by molar-refractivity contribution is 5.74. The van der Waals surface area contributed by atoms with E-state index in [1.807, 2.05) is 6.92 Å². The summed E-state index contributed by atoms with van der Waals surface area (Å²) in [6.45, 7) is 1.95. The van der Waals surface area contributed by atoms with Gasteiger partial charge < -0.3 is 4.74 Å². The van der Waals surface area contributed by atoms with Crippen LogP contribution in [0.15, 0.2) is 0 Å². The molecule has 1 atom stereocenters.